The molecular weight excluding hydrogens is 124 g/mol. The number of rotatable bonds is 0. The van der Waals surface area contributed by atoms with Crippen molar-refractivity contribution in [1.82, 2.24) is 5.32 Å². The van der Waals surface area contributed by atoms with Gasteiger partial charge in [0.15, 0.2) is 0 Å². The molecule has 0 saturated heterocycles. The smallest absolute Gasteiger partial charge is 0.124 e. The molecule has 54 valence electrons. The molecule has 1 aliphatic rings. The summed E-state index contributed by atoms with van der Waals surface area (Å²) in [4.78, 5) is 4.04. The highest BCUT2D eigenvalue weighted by Crippen LogP contribution is 2.02. The van der Waals surface area contributed by atoms with E-state index in [1.165, 1.54) is 5.57 Å². The molecule has 0 unspecified atom stereocenters. The van der Waals surface area contributed by atoms with E-state index in [0.29, 0.717) is 0 Å². The van der Waals surface area contributed by atoms with Crippen molar-refractivity contribution < 1.29 is 0 Å². The van der Waals surface area contributed by atoms with Crippen molar-refractivity contribution in [2.75, 3.05) is 7.05 Å². The second-order valence-electron chi connectivity index (χ2n) is 2.35. The summed E-state index contributed by atoms with van der Waals surface area (Å²) in [5.41, 5.74) is 1.34. The predicted octanol–water partition coefficient (Wildman–Crippen LogP) is 1.47. The largest absolute Gasteiger partial charge is 0.347 e. The number of hydrogen-bond acceptors (Lipinski definition) is 1. The maximum atomic E-state index is 4.04. The van der Waals surface area contributed by atoms with E-state index in [4.69, 9.17) is 0 Å². The fraction of sp³-hybridized carbons (Fsp3) is 0.375. The molecule has 0 radical (unpaired) electrons. The van der Waals surface area contributed by atoms with Crippen molar-refractivity contribution in [2.45, 2.75) is 13.3 Å². The van der Waals surface area contributed by atoms with Crippen molar-refractivity contribution in [3.8, 4) is 0 Å². The Hall–Kier alpha value is -1.05. The SMILES string of the molecule is CN=C1C=C(C)CC=CN1. The molecule has 0 amide bonds. The topological polar surface area (TPSA) is 24.4 Å². The predicted molar refractivity (Wildman–Crippen MR) is 44.0 cm³/mol. The van der Waals surface area contributed by atoms with Crippen LogP contribution in [-0.4, -0.2) is 12.9 Å². The van der Waals surface area contributed by atoms with Gasteiger partial charge in [0.25, 0.3) is 0 Å². The van der Waals surface area contributed by atoms with Gasteiger partial charge in [-0.3, -0.25) is 4.99 Å². The minimum atomic E-state index is 0.936. The Kier molecular flexibility index (Phi) is 2.26. The molecule has 1 rings (SSSR count). The zero-order chi connectivity index (χ0) is 7.40. The molecule has 1 aliphatic heterocycles. The zero-order valence-electron chi connectivity index (χ0n) is 6.39. The second kappa shape index (κ2) is 3.20. The van der Waals surface area contributed by atoms with Crippen LogP contribution in [0.4, 0.5) is 0 Å². The van der Waals surface area contributed by atoms with Gasteiger partial charge in [0, 0.05) is 7.05 Å². The van der Waals surface area contributed by atoms with E-state index < -0.39 is 0 Å². The number of amidine groups is 1. The van der Waals surface area contributed by atoms with E-state index in [0.717, 1.165) is 12.3 Å². The Balaban J connectivity index is 2.79. The first kappa shape index (κ1) is 7.06. The Bertz CT molecular complexity index is 199. The summed E-state index contributed by atoms with van der Waals surface area (Å²) in [7, 11) is 1.78. The number of nitrogens with one attached hydrogen (secondary N) is 1. The van der Waals surface area contributed by atoms with Crippen LogP contribution in [-0.2, 0) is 0 Å². The van der Waals surface area contributed by atoms with Crippen LogP contribution in [0, 0.1) is 0 Å². The molecule has 2 heteroatoms. The molecule has 10 heavy (non-hydrogen) atoms. The molecule has 2 nitrogen and oxygen atoms in total. The van der Waals surface area contributed by atoms with E-state index in [2.05, 4.69) is 29.4 Å². The van der Waals surface area contributed by atoms with Crippen LogP contribution in [0.1, 0.15) is 13.3 Å². The van der Waals surface area contributed by atoms with Crippen LogP contribution in [0.25, 0.3) is 0 Å². The number of nitrogens with zero attached hydrogens (tertiary/aromatic N) is 1. The molecule has 0 aromatic carbocycles. The summed E-state index contributed by atoms with van der Waals surface area (Å²) in [5, 5.41) is 3.05. The second-order valence-corrected chi connectivity index (χ2v) is 2.35. The lowest BCUT2D eigenvalue weighted by Crippen LogP contribution is -2.13. The number of hydrogen-bond donors (Lipinski definition) is 1. The van der Waals surface area contributed by atoms with Crippen LogP contribution in [0.5, 0.6) is 0 Å². The van der Waals surface area contributed by atoms with Gasteiger partial charge in [-0.2, -0.15) is 0 Å². The maximum absolute atomic E-state index is 4.04. The first-order valence-electron chi connectivity index (χ1n) is 3.38. The van der Waals surface area contributed by atoms with Crippen LogP contribution in [0.2, 0.25) is 0 Å². The molecule has 0 spiro atoms. The van der Waals surface area contributed by atoms with Crippen LogP contribution in [0.3, 0.4) is 0 Å². The lowest BCUT2D eigenvalue weighted by Gasteiger charge is -1.95. The highest BCUT2D eigenvalue weighted by atomic mass is 15.0. The minimum Gasteiger partial charge on any atom is -0.347 e. The van der Waals surface area contributed by atoms with Gasteiger partial charge >= 0.3 is 0 Å². The maximum Gasteiger partial charge on any atom is 0.124 e. The zero-order valence-corrected chi connectivity index (χ0v) is 6.39. The van der Waals surface area contributed by atoms with Crippen molar-refractivity contribution in [1.29, 1.82) is 0 Å². The molecule has 1 heterocycles. The van der Waals surface area contributed by atoms with Gasteiger partial charge in [0.2, 0.25) is 0 Å². The molecule has 0 saturated carbocycles. The molecule has 0 atom stereocenters. The van der Waals surface area contributed by atoms with E-state index in [9.17, 15) is 0 Å². The summed E-state index contributed by atoms with van der Waals surface area (Å²) in [6, 6.07) is 0. The molecule has 0 fully saturated rings. The first-order valence-corrected chi connectivity index (χ1v) is 3.38. The lowest BCUT2D eigenvalue weighted by atomic mass is 10.2. The first-order chi connectivity index (χ1) is 4.83. The van der Waals surface area contributed by atoms with Gasteiger partial charge in [-0.25, -0.2) is 0 Å². The third-order valence-corrected chi connectivity index (χ3v) is 1.41. The lowest BCUT2D eigenvalue weighted by molar-refractivity contribution is 1.21. The number of aliphatic imine (C=N–C) groups is 1. The molecule has 1 N–H and O–H groups in total. The Morgan fingerprint density at radius 1 is 1.60 bits per heavy atom. The average molecular weight is 136 g/mol. The van der Waals surface area contributed by atoms with E-state index >= 15 is 0 Å². The third kappa shape index (κ3) is 1.72. The normalized spacial score (nSPS) is 21.8. The van der Waals surface area contributed by atoms with E-state index in [1.54, 1.807) is 7.05 Å². The van der Waals surface area contributed by atoms with Gasteiger partial charge < -0.3 is 5.32 Å². The fourth-order valence-electron chi connectivity index (χ4n) is 0.852. The monoisotopic (exact) mass is 136 g/mol. The van der Waals surface area contributed by atoms with Gasteiger partial charge in [-0.05, 0) is 25.6 Å². The molecule has 0 bridgehead atoms. The van der Waals surface area contributed by atoms with Crippen molar-refractivity contribution in [2.24, 2.45) is 4.99 Å². The van der Waals surface area contributed by atoms with Gasteiger partial charge in [0.05, 0.1) is 0 Å². The van der Waals surface area contributed by atoms with Gasteiger partial charge in [-0.1, -0.05) is 11.6 Å². The highest BCUT2D eigenvalue weighted by Gasteiger charge is 1.94. The Morgan fingerprint density at radius 2 is 2.40 bits per heavy atom. The summed E-state index contributed by atoms with van der Waals surface area (Å²) >= 11 is 0. The minimum absolute atomic E-state index is 0.936. The van der Waals surface area contributed by atoms with Crippen molar-refractivity contribution in [3.05, 3.63) is 23.9 Å². The molecular formula is C8H12N2. The Labute approximate surface area is 61.4 Å². The summed E-state index contributed by atoms with van der Waals surface area (Å²) in [6.07, 6.45) is 7.09. The molecule has 0 aromatic rings. The van der Waals surface area contributed by atoms with Crippen LogP contribution >= 0.6 is 0 Å². The van der Waals surface area contributed by atoms with E-state index in [-0.39, 0.29) is 0 Å². The standard InChI is InChI=1S/C8H12N2/c1-7-4-3-5-10-8(6-7)9-2/h3,5-6H,4H2,1-2H3,(H,9,10). The van der Waals surface area contributed by atoms with Crippen LogP contribution < -0.4 is 5.32 Å². The quantitative estimate of drug-likeness (QED) is 0.535. The van der Waals surface area contributed by atoms with Crippen molar-refractivity contribution in [3.63, 3.8) is 0 Å². The molecule has 0 aromatic heterocycles. The highest BCUT2D eigenvalue weighted by molar-refractivity contribution is 5.94. The summed E-state index contributed by atoms with van der Waals surface area (Å²) < 4.78 is 0. The third-order valence-electron chi connectivity index (χ3n) is 1.41. The summed E-state index contributed by atoms with van der Waals surface area (Å²) in [5.74, 6) is 0.936. The Morgan fingerprint density at radius 3 is 3.10 bits per heavy atom. The average Bonchev–Trinajstić information content (AvgIpc) is 2.13. The number of allylic oxidation sites excluding steroid dienone is 2. The molecule has 0 aliphatic carbocycles. The van der Waals surface area contributed by atoms with Gasteiger partial charge in [-0.15, -0.1) is 0 Å². The fourth-order valence-corrected chi connectivity index (χ4v) is 0.852. The summed E-state index contributed by atoms with van der Waals surface area (Å²) in [6.45, 7) is 2.10. The van der Waals surface area contributed by atoms with Crippen molar-refractivity contribution >= 4 is 5.84 Å². The van der Waals surface area contributed by atoms with E-state index in [1.807, 2.05) is 6.20 Å². The van der Waals surface area contributed by atoms with Crippen LogP contribution in [0.15, 0.2) is 28.9 Å². The van der Waals surface area contributed by atoms with Gasteiger partial charge in [0.1, 0.15) is 5.84 Å².